The third-order valence-electron chi connectivity index (χ3n) is 4.94. The Bertz CT molecular complexity index is 707. The average Bonchev–Trinajstić information content (AvgIpc) is 2.63. The SMILES string of the molecule is Cc1ccc(C(=O)N2CCC(C(O)c3ccccc3)CC2)cc1N. The molecule has 1 fully saturated rings. The molecule has 24 heavy (non-hydrogen) atoms. The van der Waals surface area contributed by atoms with Crippen LogP contribution in [0.5, 0.6) is 0 Å². The summed E-state index contributed by atoms with van der Waals surface area (Å²) in [5, 5.41) is 10.5. The van der Waals surface area contributed by atoms with E-state index < -0.39 is 6.10 Å². The number of nitrogen functional groups attached to an aromatic ring is 1. The summed E-state index contributed by atoms with van der Waals surface area (Å²) >= 11 is 0. The maximum Gasteiger partial charge on any atom is 0.253 e. The summed E-state index contributed by atoms with van der Waals surface area (Å²) in [6, 6.07) is 15.2. The molecule has 0 bridgehead atoms. The van der Waals surface area contributed by atoms with Crippen LogP contribution in [-0.4, -0.2) is 29.0 Å². The summed E-state index contributed by atoms with van der Waals surface area (Å²) in [7, 11) is 0. The quantitative estimate of drug-likeness (QED) is 0.852. The number of carbonyl (C=O) groups is 1. The van der Waals surface area contributed by atoms with Crippen LogP contribution in [0.15, 0.2) is 48.5 Å². The van der Waals surface area contributed by atoms with Gasteiger partial charge in [0.05, 0.1) is 6.10 Å². The number of carbonyl (C=O) groups excluding carboxylic acids is 1. The van der Waals surface area contributed by atoms with Crippen LogP contribution in [0, 0.1) is 12.8 Å². The number of aryl methyl sites for hydroxylation is 1. The number of benzene rings is 2. The number of nitrogens with two attached hydrogens (primary N) is 1. The number of hydrogen-bond donors (Lipinski definition) is 2. The fraction of sp³-hybridized carbons (Fsp3) is 0.350. The first-order valence-corrected chi connectivity index (χ1v) is 8.44. The molecule has 2 aromatic carbocycles. The van der Waals surface area contributed by atoms with Crippen molar-refractivity contribution in [3.8, 4) is 0 Å². The van der Waals surface area contributed by atoms with Crippen LogP contribution in [0.25, 0.3) is 0 Å². The van der Waals surface area contributed by atoms with Crippen molar-refractivity contribution in [2.45, 2.75) is 25.9 Å². The van der Waals surface area contributed by atoms with Gasteiger partial charge in [-0.3, -0.25) is 4.79 Å². The van der Waals surface area contributed by atoms with Gasteiger partial charge in [0.15, 0.2) is 0 Å². The van der Waals surface area contributed by atoms with Crippen LogP contribution in [-0.2, 0) is 0 Å². The Labute approximate surface area is 142 Å². The third kappa shape index (κ3) is 3.44. The molecule has 0 aromatic heterocycles. The second-order valence-electron chi connectivity index (χ2n) is 6.56. The summed E-state index contributed by atoms with van der Waals surface area (Å²) in [5.41, 5.74) is 9.13. The number of anilines is 1. The van der Waals surface area contributed by atoms with Gasteiger partial charge in [-0.25, -0.2) is 0 Å². The number of aliphatic hydroxyl groups is 1. The standard InChI is InChI=1S/C20H24N2O2/c1-14-7-8-17(13-18(14)21)20(24)22-11-9-16(10-12-22)19(23)15-5-3-2-4-6-15/h2-8,13,16,19,23H,9-12,21H2,1H3. The first-order valence-electron chi connectivity index (χ1n) is 8.44. The Morgan fingerprint density at radius 1 is 1.17 bits per heavy atom. The van der Waals surface area contributed by atoms with Crippen LogP contribution in [0.1, 0.15) is 40.4 Å². The predicted octanol–water partition coefficient (Wildman–Crippen LogP) is 3.16. The number of likely N-dealkylation sites (tertiary alicyclic amines) is 1. The van der Waals surface area contributed by atoms with Crippen LogP contribution in [0.2, 0.25) is 0 Å². The minimum atomic E-state index is -0.460. The van der Waals surface area contributed by atoms with E-state index in [-0.39, 0.29) is 11.8 Å². The van der Waals surface area contributed by atoms with E-state index in [1.54, 1.807) is 6.07 Å². The first kappa shape index (κ1) is 16.5. The van der Waals surface area contributed by atoms with Gasteiger partial charge in [-0.2, -0.15) is 0 Å². The van der Waals surface area contributed by atoms with E-state index in [9.17, 15) is 9.90 Å². The Balaban J connectivity index is 1.62. The molecule has 4 heteroatoms. The topological polar surface area (TPSA) is 66.6 Å². The molecule has 1 unspecified atom stereocenters. The first-order chi connectivity index (χ1) is 11.6. The summed E-state index contributed by atoms with van der Waals surface area (Å²) in [5.74, 6) is 0.217. The minimum Gasteiger partial charge on any atom is -0.398 e. The van der Waals surface area contributed by atoms with Crippen molar-refractivity contribution in [2.75, 3.05) is 18.8 Å². The maximum atomic E-state index is 12.6. The lowest BCUT2D eigenvalue weighted by Gasteiger charge is -2.34. The van der Waals surface area contributed by atoms with Crippen molar-refractivity contribution in [1.29, 1.82) is 0 Å². The van der Waals surface area contributed by atoms with Gasteiger partial charge in [-0.05, 0) is 48.9 Å². The van der Waals surface area contributed by atoms with E-state index in [0.29, 0.717) is 24.3 Å². The second-order valence-corrected chi connectivity index (χ2v) is 6.56. The monoisotopic (exact) mass is 324 g/mol. The van der Waals surface area contributed by atoms with Crippen molar-refractivity contribution in [3.63, 3.8) is 0 Å². The molecule has 0 radical (unpaired) electrons. The Kier molecular flexibility index (Phi) is 4.86. The van der Waals surface area contributed by atoms with Crippen LogP contribution in [0.3, 0.4) is 0 Å². The number of aliphatic hydroxyl groups excluding tert-OH is 1. The molecule has 1 atom stereocenters. The lowest BCUT2D eigenvalue weighted by molar-refractivity contribution is 0.0462. The van der Waals surface area contributed by atoms with E-state index in [4.69, 9.17) is 5.73 Å². The van der Waals surface area contributed by atoms with Crippen LogP contribution in [0.4, 0.5) is 5.69 Å². The second kappa shape index (κ2) is 7.05. The maximum absolute atomic E-state index is 12.6. The van der Waals surface area contributed by atoms with Crippen molar-refractivity contribution < 1.29 is 9.90 Å². The number of piperidine rings is 1. The lowest BCUT2D eigenvalue weighted by atomic mass is 9.87. The van der Waals surface area contributed by atoms with Gasteiger partial charge in [-0.1, -0.05) is 36.4 Å². The molecule has 1 heterocycles. The Morgan fingerprint density at radius 2 is 1.83 bits per heavy atom. The molecule has 126 valence electrons. The number of nitrogens with zero attached hydrogens (tertiary/aromatic N) is 1. The minimum absolute atomic E-state index is 0.0225. The molecule has 3 rings (SSSR count). The normalized spacial score (nSPS) is 16.8. The molecule has 1 amide bonds. The highest BCUT2D eigenvalue weighted by molar-refractivity contribution is 5.95. The fourth-order valence-electron chi connectivity index (χ4n) is 3.30. The average molecular weight is 324 g/mol. The van der Waals surface area contributed by atoms with Gasteiger partial charge in [0, 0.05) is 24.3 Å². The van der Waals surface area contributed by atoms with Crippen molar-refractivity contribution in [3.05, 3.63) is 65.2 Å². The molecule has 0 aliphatic carbocycles. The van der Waals surface area contributed by atoms with Crippen molar-refractivity contribution in [1.82, 2.24) is 4.90 Å². The highest BCUT2D eigenvalue weighted by Crippen LogP contribution is 2.31. The van der Waals surface area contributed by atoms with Crippen LogP contribution >= 0.6 is 0 Å². The summed E-state index contributed by atoms with van der Waals surface area (Å²) < 4.78 is 0. The molecular formula is C20H24N2O2. The van der Waals surface area contributed by atoms with Crippen molar-refractivity contribution >= 4 is 11.6 Å². The van der Waals surface area contributed by atoms with Gasteiger partial charge in [0.25, 0.3) is 5.91 Å². The van der Waals surface area contributed by atoms with E-state index in [2.05, 4.69) is 0 Å². The Morgan fingerprint density at radius 3 is 2.46 bits per heavy atom. The molecule has 0 saturated carbocycles. The lowest BCUT2D eigenvalue weighted by Crippen LogP contribution is -2.39. The zero-order valence-electron chi connectivity index (χ0n) is 14.0. The Hall–Kier alpha value is -2.33. The number of amides is 1. The third-order valence-corrected chi connectivity index (χ3v) is 4.94. The molecule has 1 saturated heterocycles. The highest BCUT2D eigenvalue weighted by atomic mass is 16.3. The molecular weight excluding hydrogens is 300 g/mol. The summed E-state index contributed by atoms with van der Waals surface area (Å²) in [6.45, 7) is 3.27. The van der Waals surface area contributed by atoms with E-state index >= 15 is 0 Å². The van der Waals surface area contributed by atoms with E-state index in [1.807, 2.05) is 54.3 Å². The number of hydrogen-bond acceptors (Lipinski definition) is 3. The summed E-state index contributed by atoms with van der Waals surface area (Å²) in [6.07, 6.45) is 1.16. The van der Waals surface area contributed by atoms with Gasteiger partial charge in [0.1, 0.15) is 0 Å². The number of rotatable bonds is 3. The molecule has 1 aliphatic heterocycles. The fourth-order valence-corrected chi connectivity index (χ4v) is 3.30. The summed E-state index contributed by atoms with van der Waals surface area (Å²) in [4.78, 5) is 14.5. The molecule has 1 aliphatic rings. The van der Waals surface area contributed by atoms with Crippen molar-refractivity contribution in [2.24, 2.45) is 5.92 Å². The smallest absolute Gasteiger partial charge is 0.253 e. The van der Waals surface area contributed by atoms with Gasteiger partial charge < -0.3 is 15.7 Å². The van der Waals surface area contributed by atoms with Gasteiger partial charge in [-0.15, -0.1) is 0 Å². The predicted molar refractivity (Wildman–Crippen MR) is 95.6 cm³/mol. The van der Waals surface area contributed by atoms with E-state index in [0.717, 1.165) is 24.0 Å². The van der Waals surface area contributed by atoms with Gasteiger partial charge >= 0.3 is 0 Å². The van der Waals surface area contributed by atoms with Gasteiger partial charge in [0.2, 0.25) is 0 Å². The van der Waals surface area contributed by atoms with E-state index in [1.165, 1.54) is 0 Å². The molecule has 4 nitrogen and oxygen atoms in total. The zero-order valence-corrected chi connectivity index (χ0v) is 14.0. The molecule has 2 aromatic rings. The highest BCUT2D eigenvalue weighted by Gasteiger charge is 2.28. The largest absolute Gasteiger partial charge is 0.398 e. The zero-order chi connectivity index (χ0) is 17.1. The molecule has 0 spiro atoms. The molecule has 3 N–H and O–H groups in total. The van der Waals surface area contributed by atoms with Crippen LogP contribution < -0.4 is 5.73 Å².